The maximum atomic E-state index is 2.46. The van der Waals surface area contributed by atoms with E-state index in [0.29, 0.717) is 5.41 Å². The van der Waals surface area contributed by atoms with Gasteiger partial charge in [-0.15, -0.1) is 0 Å². The minimum Gasteiger partial charge on any atom is -0.0840 e. The summed E-state index contributed by atoms with van der Waals surface area (Å²) < 4.78 is 0. The van der Waals surface area contributed by atoms with Gasteiger partial charge in [-0.3, -0.25) is 0 Å². The van der Waals surface area contributed by atoms with E-state index < -0.39 is 0 Å². The molecule has 2 saturated carbocycles. The van der Waals surface area contributed by atoms with Crippen LogP contribution in [0.3, 0.4) is 0 Å². The first-order valence-electron chi connectivity index (χ1n) is 10.4. The lowest BCUT2D eigenvalue weighted by atomic mass is 9.78. The molecule has 0 bridgehead atoms. The highest BCUT2D eigenvalue weighted by Crippen LogP contribution is 2.35. The molecule has 0 amide bonds. The first kappa shape index (κ1) is 20.5. The van der Waals surface area contributed by atoms with Gasteiger partial charge in [0, 0.05) is 0 Å². The Balaban J connectivity index is 0.000000228. The number of rotatable bonds is 1. The molecule has 0 saturated heterocycles. The van der Waals surface area contributed by atoms with E-state index in [0.717, 1.165) is 11.8 Å². The molecule has 0 heterocycles. The normalized spacial score (nSPS) is 29.3. The van der Waals surface area contributed by atoms with Gasteiger partial charge < -0.3 is 0 Å². The summed E-state index contributed by atoms with van der Waals surface area (Å²) in [6.45, 7) is 11.2. The van der Waals surface area contributed by atoms with Crippen LogP contribution in [0.4, 0.5) is 0 Å². The zero-order valence-corrected chi connectivity index (χ0v) is 16.7. The van der Waals surface area contributed by atoms with Crippen LogP contribution < -0.4 is 0 Å². The maximum absolute atomic E-state index is 2.46. The van der Waals surface area contributed by atoms with Gasteiger partial charge in [0.1, 0.15) is 0 Å². The molecule has 0 N–H and O–H groups in total. The van der Waals surface area contributed by atoms with Crippen LogP contribution >= 0.6 is 0 Å². The molecule has 0 aromatic carbocycles. The molecule has 0 heteroatoms. The number of hydrogen-bond acceptors (Lipinski definition) is 0. The molecule has 2 fully saturated rings. The van der Waals surface area contributed by atoms with Crippen molar-refractivity contribution < 1.29 is 0 Å². The summed E-state index contributed by atoms with van der Waals surface area (Å²) in [7, 11) is 0. The van der Waals surface area contributed by atoms with Crippen LogP contribution in [0.2, 0.25) is 0 Å². The molecule has 0 aliphatic heterocycles. The van der Waals surface area contributed by atoms with E-state index in [4.69, 9.17) is 0 Å². The van der Waals surface area contributed by atoms with Crippen molar-refractivity contribution in [3.63, 3.8) is 0 Å². The number of hydrogen-bond donors (Lipinski definition) is 0. The first-order valence-corrected chi connectivity index (χ1v) is 10.4. The second-order valence-corrected chi connectivity index (χ2v) is 8.37. The molecule has 0 aromatic rings. The Hall–Kier alpha value is -0.520. The monoisotopic (exact) mass is 318 g/mol. The van der Waals surface area contributed by atoms with E-state index in [1.807, 2.05) is 13.8 Å². The van der Waals surface area contributed by atoms with E-state index >= 15 is 0 Å². The fourth-order valence-corrected chi connectivity index (χ4v) is 4.04. The van der Waals surface area contributed by atoms with E-state index in [1.54, 1.807) is 5.57 Å². The quantitative estimate of drug-likeness (QED) is 0.458. The largest absolute Gasteiger partial charge is 0.0840 e. The summed E-state index contributed by atoms with van der Waals surface area (Å²) in [5.41, 5.74) is 2.32. The summed E-state index contributed by atoms with van der Waals surface area (Å²) in [4.78, 5) is 0. The van der Waals surface area contributed by atoms with E-state index in [1.165, 1.54) is 70.6 Å². The summed E-state index contributed by atoms with van der Waals surface area (Å²) in [5, 5.41) is 0. The van der Waals surface area contributed by atoms with Crippen LogP contribution in [0.5, 0.6) is 0 Å². The molecule has 0 spiro atoms. The molecule has 0 nitrogen and oxygen atoms in total. The molecule has 3 aliphatic rings. The van der Waals surface area contributed by atoms with Crippen LogP contribution in [-0.4, -0.2) is 0 Å². The summed E-state index contributed by atoms with van der Waals surface area (Å²) in [6, 6.07) is 0. The lowest BCUT2D eigenvalue weighted by Gasteiger charge is -2.28. The molecule has 0 unspecified atom stereocenters. The summed E-state index contributed by atoms with van der Waals surface area (Å²) in [5.74, 6) is 1.87. The van der Waals surface area contributed by atoms with E-state index in [2.05, 4.69) is 39.0 Å². The van der Waals surface area contributed by atoms with Crippen LogP contribution in [0, 0.1) is 17.3 Å². The van der Waals surface area contributed by atoms with E-state index in [9.17, 15) is 0 Å². The SMILES string of the molecule is CC.CC1(C)CCCCC1.CC1CCC(C2=CCCC=C2)CC1. The van der Waals surface area contributed by atoms with Gasteiger partial charge in [0.15, 0.2) is 0 Å². The van der Waals surface area contributed by atoms with Gasteiger partial charge in [0.25, 0.3) is 0 Å². The van der Waals surface area contributed by atoms with Crippen molar-refractivity contribution in [1.29, 1.82) is 0 Å². The fourth-order valence-electron chi connectivity index (χ4n) is 4.04. The Labute approximate surface area is 146 Å². The van der Waals surface area contributed by atoms with Crippen molar-refractivity contribution >= 4 is 0 Å². The van der Waals surface area contributed by atoms with E-state index in [-0.39, 0.29) is 0 Å². The van der Waals surface area contributed by atoms with Gasteiger partial charge in [-0.25, -0.2) is 0 Å². The van der Waals surface area contributed by atoms with Crippen molar-refractivity contribution in [2.75, 3.05) is 0 Å². The molecule has 134 valence electrons. The minimum absolute atomic E-state index is 0.679. The van der Waals surface area contributed by atoms with Gasteiger partial charge in [-0.05, 0) is 61.3 Å². The molecule has 23 heavy (non-hydrogen) atoms. The smallest absolute Gasteiger partial charge is 0.0165 e. The van der Waals surface area contributed by atoms with Crippen LogP contribution in [0.25, 0.3) is 0 Å². The first-order chi connectivity index (χ1) is 11.1. The van der Waals surface area contributed by atoms with Crippen molar-refractivity contribution in [2.45, 2.75) is 105 Å². The zero-order valence-electron chi connectivity index (χ0n) is 16.7. The Morgan fingerprint density at radius 3 is 1.91 bits per heavy atom. The third-order valence-electron chi connectivity index (χ3n) is 5.72. The van der Waals surface area contributed by atoms with Gasteiger partial charge in [0.2, 0.25) is 0 Å². The highest BCUT2D eigenvalue weighted by Gasteiger charge is 2.21. The van der Waals surface area contributed by atoms with Gasteiger partial charge in [-0.1, -0.05) is 85.0 Å². The second kappa shape index (κ2) is 11.1. The maximum Gasteiger partial charge on any atom is -0.0165 e. The average Bonchev–Trinajstić information content (AvgIpc) is 2.58. The third kappa shape index (κ3) is 8.23. The average molecular weight is 319 g/mol. The second-order valence-electron chi connectivity index (χ2n) is 8.37. The Kier molecular flexibility index (Phi) is 9.91. The molecular weight excluding hydrogens is 276 g/mol. The van der Waals surface area contributed by atoms with Crippen molar-refractivity contribution in [3.05, 3.63) is 23.8 Å². The van der Waals surface area contributed by atoms with Crippen molar-refractivity contribution in [2.24, 2.45) is 17.3 Å². The van der Waals surface area contributed by atoms with Crippen LogP contribution in [-0.2, 0) is 0 Å². The van der Waals surface area contributed by atoms with Gasteiger partial charge in [0.05, 0.1) is 0 Å². The zero-order chi connectivity index (χ0) is 17.1. The van der Waals surface area contributed by atoms with Crippen LogP contribution in [0.1, 0.15) is 105 Å². The van der Waals surface area contributed by atoms with Crippen LogP contribution in [0.15, 0.2) is 23.8 Å². The predicted octanol–water partition coefficient (Wildman–Crippen LogP) is 8.09. The predicted molar refractivity (Wildman–Crippen MR) is 106 cm³/mol. The lowest BCUT2D eigenvalue weighted by molar-refractivity contribution is 0.244. The molecule has 0 atom stereocenters. The molecular formula is C23H42. The summed E-state index contributed by atoms with van der Waals surface area (Å²) >= 11 is 0. The Morgan fingerprint density at radius 1 is 0.870 bits per heavy atom. The topological polar surface area (TPSA) is 0 Å². The molecule has 0 radical (unpaired) electrons. The molecule has 3 aliphatic carbocycles. The minimum atomic E-state index is 0.679. The van der Waals surface area contributed by atoms with Gasteiger partial charge in [-0.2, -0.15) is 0 Å². The third-order valence-corrected chi connectivity index (χ3v) is 5.72. The summed E-state index contributed by atoms with van der Waals surface area (Å²) in [6.07, 6.45) is 22.7. The molecule has 0 aromatic heterocycles. The highest BCUT2D eigenvalue weighted by molar-refractivity contribution is 5.25. The van der Waals surface area contributed by atoms with Gasteiger partial charge >= 0.3 is 0 Å². The van der Waals surface area contributed by atoms with Crippen molar-refractivity contribution in [3.8, 4) is 0 Å². The standard InChI is InChI=1S/C13H20.C8H16.C2H6/c1-11-7-9-13(10-8-11)12-5-3-2-4-6-12;1-8(2)6-4-3-5-7-8;1-2/h3,5-6,11,13H,2,4,7-10H2,1H3;3-7H2,1-2H3;1-2H3. The Bertz CT molecular complexity index is 342. The van der Waals surface area contributed by atoms with Crippen molar-refractivity contribution in [1.82, 2.24) is 0 Å². The fraction of sp³-hybridized carbons (Fsp3) is 0.826. The highest BCUT2D eigenvalue weighted by atomic mass is 14.3. The Morgan fingerprint density at radius 2 is 1.48 bits per heavy atom. The molecule has 3 rings (SSSR count). The number of allylic oxidation sites excluding steroid dienone is 4. The lowest BCUT2D eigenvalue weighted by Crippen LogP contribution is -2.14.